The minimum absolute atomic E-state index is 0.0238. The van der Waals surface area contributed by atoms with Gasteiger partial charge in [0.25, 0.3) is 0 Å². The summed E-state index contributed by atoms with van der Waals surface area (Å²) in [6, 6.07) is 2.03. The third-order valence-corrected chi connectivity index (χ3v) is 3.06. The van der Waals surface area contributed by atoms with Crippen LogP contribution in [0.2, 0.25) is 0 Å². The number of hydrogen-bond acceptors (Lipinski definition) is 3. The second kappa shape index (κ2) is 7.24. The molecule has 0 saturated heterocycles. The van der Waals surface area contributed by atoms with Gasteiger partial charge in [0, 0.05) is 24.2 Å². The van der Waals surface area contributed by atoms with Crippen molar-refractivity contribution >= 4 is 11.8 Å². The van der Waals surface area contributed by atoms with Gasteiger partial charge in [0.1, 0.15) is 0 Å². The first kappa shape index (κ1) is 17.2. The van der Waals surface area contributed by atoms with Crippen molar-refractivity contribution in [3.63, 3.8) is 0 Å². The Bertz CT molecular complexity index is 500. The number of amides is 2. The summed E-state index contributed by atoms with van der Waals surface area (Å²) >= 11 is 0. The number of nitrogens with one attached hydrogen (secondary N) is 2. The van der Waals surface area contributed by atoms with Gasteiger partial charge < -0.3 is 10.6 Å². The molecule has 1 aromatic rings. The van der Waals surface area contributed by atoms with E-state index in [0.717, 1.165) is 24.4 Å². The van der Waals surface area contributed by atoms with E-state index in [4.69, 9.17) is 0 Å². The largest absolute Gasteiger partial charge is 0.355 e. The number of hydrogen-bond donors (Lipinski definition) is 2. The van der Waals surface area contributed by atoms with Gasteiger partial charge in [-0.05, 0) is 26.3 Å². The van der Waals surface area contributed by atoms with Crippen LogP contribution in [0.15, 0.2) is 6.07 Å². The van der Waals surface area contributed by atoms with Crippen molar-refractivity contribution in [2.45, 2.75) is 47.6 Å². The van der Waals surface area contributed by atoms with Crippen LogP contribution in [0.25, 0.3) is 0 Å². The second-order valence-corrected chi connectivity index (χ2v) is 6.29. The summed E-state index contributed by atoms with van der Waals surface area (Å²) in [5.74, 6) is -0.291. The van der Waals surface area contributed by atoms with Crippen LogP contribution in [0.4, 0.5) is 0 Å². The zero-order chi connectivity index (χ0) is 16.0. The molecule has 1 aromatic heterocycles. The highest BCUT2D eigenvalue weighted by Crippen LogP contribution is 2.11. The minimum atomic E-state index is -0.476. The molecular formula is C15H26N4O2. The number of aryl methyl sites for hydroxylation is 3. The number of nitrogens with zero attached hydrogens (tertiary/aromatic N) is 2. The maximum atomic E-state index is 11.6. The molecule has 0 radical (unpaired) electrons. The molecule has 118 valence electrons. The van der Waals surface area contributed by atoms with Gasteiger partial charge in [-0.2, -0.15) is 5.10 Å². The molecule has 1 heterocycles. The first-order valence-electron chi connectivity index (χ1n) is 7.26. The third-order valence-electron chi connectivity index (χ3n) is 3.06. The third kappa shape index (κ3) is 5.97. The lowest BCUT2D eigenvalue weighted by Crippen LogP contribution is -2.42. The topological polar surface area (TPSA) is 76.0 Å². The van der Waals surface area contributed by atoms with E-state index >= 15 is 0 Å². The summed E-state index contributed by atoms with van der Waals surface area (Å²) in [4.78, 5) is 23.2. The van der Waals surface area contributed by atoms with E-state index in [1.165, 1.54) is 0 Å². The smallest absolute Gasteiger partial charge is 0.239 e. The highest BCUT2D eigenvalue weighted by Gasteiger charge is 2.21. The molecule has 0 aliphatic carbocycles. The Balaban J connectivity index is 2.19. The van der Waals surface area contributed by atoms with E-state index in [-0.39, 0.29) is 18.4 Å². The fourth-order valence-electron chi connectivity index (χ4n) is 1.85. The minimum Gasteiger partial charge on any atom is -0.355 e. The number of rotatable bonds is 6. The average molecular weight is 294 g/mol. The fourth-order valence-corrected chi connectivity index (χ4v) is 1.85. The Morgan fingerprint density at radius 2 is 1.90 bits per heavy atom. The van der Waals surface area contributed by atoms with Gasteiger partial charge in [-0.1, -0.05) is 20.8 Å². The molecular weight excluding hydrogens is 268 g/mol. The Hall–Kier alpha value is -1.85. The molecule has 0 spiro atoms. The van der Waals surface area contributed by atoms with Crippen molar-refractivity contribution in [1.82, 2.24) is 20.4 Å². The Labute approximate surface area is 126 Å². The standard InChI is InChI=1S/C15H26N4O2/c1-11-9-12(2)19(18-11)8-6-7-16-13(20)10-17-14(21)15(3,4)5/h9H,6-8,10H2,1-5H3,(H,16,20)(H,17,21). The van der Waals surface area contributed by atoms with E-state index < -0.39 is 5.41 Å². The summed E-state index contributed by atoms with van der Waals surface area (Å²) in [5, 5.41) is 9.78. The lowest BCUT2D eigenvalue weighted by molar-refractivity contribution is -0.131. The van der Waals surface area contributed by atoms with Gasteiger partial charge >= 0.3 is 0 Å². The van der Waals surface area contributed by atoms with Crippen LogP contribution in [0.5, 0.6) is 0 Å². The summed E-state index contributed by atoms with van der Waals surface area (Å²) in [7, 11) is 0. The van der Waals surface area contributed by atoms with E-state index in [0.29, 0.717) is 6.54 Å². The summed E-state index contributed by atoms with van der Waals surface area (Å²) in [6.45, 7) is 10.8. The molecule has 0 bridgehead atoms. The van der Waals surface area contributed by atoms with Crippen LogP contribution in [-0.2, 0) is 16.1 Å². The molecule has 21 heavy (non-hydrogen) atoms. The first-order chi connectivity index (χ1) is 9.70. The van der Waals surface area contributed by atoms with E-state index in [1.807, 2.05) is 45.4 Å². The Morgan fingerprint density at radius 1 is 1.24 bits per heavy atom. The molecule has 0 fully saturated rings. The van der Waals surface area contributed by atoms with Gasteiger partial charge in [-0.25, -0.2) is 0 Å². The normalized spacial score (nSPS) is 11.3. The van der Waals surface area contributed by atoms with Crippen LogP contribution in [-0.4, -0.2) is 34.7 Å². The molecule has 2 amide bonds. The predicted molar refractivity (Wildman–Crippen MR) is 81.8 cm³/mol. The average Bonchev–Trinajstić information content (AvgIpc) is 2.69. The van der Waals surface area contributed by atoms with E-state index in [2.05, 4.69) is 15.7 Å². The molecule has 6 nitrogen and oxygen atoms in total. The van der Waals surface area contributed by atoms with E-state index in [9.17, 15) is 9.59 Å². The van der Waals surface area contributed by atoms with Crippen molar-refractivity contribution in [3.8, 4) is 0 Å². The van der Waals surface area contributed by atoms with Gasteiger partial charge in [-0.3, -0.25) is 14.3 Å². The molecule has 0 aromatic carbocycles. The number of carbonyl (C=O) groups is 2. The van der Waals surface area contributed by atoms with Crippen molar-refractivity contribution in [2.24, 2.45) is 5.41 Å². The second-order valence-electron chi connectivity index (χ2n) is 6.29. The highest BCUT2D eigenvalue weighted by atomic mass is 16.2. The molecule has 0 aliphatic heterocycles. The molecule has 0 unspecified atom stereocenters. The van der Waals surface area contributed by atoms with Crippen LogP contribution >= 0.6 is 0 Å². The van der Waals surface area contributed by atoms with Crippen molar-refractivity contribution in [1.29, 1.82) is 0 Å². The molecule has 1 rings (SSSR count). The molecule has 0 atom stereocenters. The quantitative estimate of drug-likeness (QED) is 0.773. The molecule has 2 N–H and O–H groups in total. The summed E-state index contributed by atoms with van der Waals surface area (Å²) < 4.78 is 1.93. The monoisotopic (exact) mass is 294 g/mol. The number of aromatic nitrogens is 2. The zero-order valence-electron chi connectivity index (χ0n) is 13.6. The lowest BCUT2D eigenvalue weighted by atomic mass is 9.96. The highest BCUT2D eigenvalue weighted by molar-refractivity contribution is 5.87. The lowest BCUT2D eigenvalue weighted by Gasteiger charge is -2.17. The Kier molecular flexibility index (Phi) is 5.93. The fraction of sp³-hybridized carbons (Fsp3) is 0.667. The predicted octanol–water partition coefficient (Wildman–Crippen LogP) is 1.17. The van der Waals surface area contributed by atoms with Gasteiger partial charge in [0.05, 0.1) is 12.2 Å². The maximum absolute atomic E-state index is 11.6. The first-order valence-corrected chi connectivity index (χ1v) is 7.26. The Morgan fingerprint density at radius 3 is 2.43 bits per heavy atom. The van der Waals surface area contributed by atoms with Gasteiger partial charge in [0.2, 0.25) is 11.8 Å². The van der Waals surface area contributed by atoms with Crippen molar-refractivity contribution in [2.75, 3.05) is 13.1 Å². The molecule has 0 saturated carbocycles. The molecule has 6 heteroatoms. The van der Waals surface area contributed by atoms with Crippen LogP contribution in [0.1, 0.15) is 38.6 Å². The van der Waals surface area contributed by atoms with Crippen molar-refractivity contribution < 1.29 is 9.59 Å². The summed E-state index contributed by atoms with van der Waals surface area (Å²) in [5.41, 5.74) is 1.65. The SMILES string of the molecule is Cc1cc(C)n(CCCNC(=O)CNC(=O)C(C)(C)C)n1. The summed E-state index contributed by atoms with van der Waals surface area (Å²) in [6.07, 6.45) is 0.806. The van der Waals surface area contributed by atoms with Crippen LogP contribution in [0.3, 0.4) is 0 Å². The van der Waals surface area contributed by atoms with Crippen LogP contribution in [0, 0.1) is 19.3 Å². The van der Waals surface area contributed by atoms with Crippen molar-refractivity contribution in [3.05, 3.63) is 17.5 Å². The number of carbonyl (C=O) groups excluding carboxylic acids is 2. The van der Waals surface area contributed by atoms with Crippen LogP contribution < -0.4 is 10.6 Å². The maximum Gasteiger partial charge on any atom is 0.239 e. The molecule has 0 aliphatic rings. The van der Waals surface area contributed by atoms with Gasteiger partial charge in [0.15, 0.2) is 0 Å². The van der Waals surface area contributed by atoms with E-state index in [1.54, 1.807) is 0 Å². The van der Waals surface area contributed by atoms with Gasteiger partial charge in [-0.15, -0.1) is 0 Å². The zero-order valence-corrected chi connectivity index (χ0v) is 13.6.